The highest BCUT2D eigenvalue weighted by molar-refractivity contribution is 7.89. The summed E-state index contributed by atoms with van der Waals surface area (Å²) >= 11 is 14.7. The van der Waals surface area contributed by atoms with Gasteiger partial charge in [-0.3, -0.25) is 0 Å². The molecule has 2 aliphatic rings. The van der Waals surface area contributed by atoms with Gasteiger partial charge in [-0.25, -0.2) is 35.6 Å². The third-order valence-electron chi connectivity index (χ3n) is 11.5. The highest BCUT2D eigenvalue weighted by Crippen LogP contribution is 2.30. The van der Waals surface area contributed by atoms with Crippen molar-refractivity contribution in [2.24, 2.45) is 0 Å². The molecule has 2 saturated heterocycles. The molecule has 66 heavy (non-hydrogen) atoms. The molecule has 0 atom stereocenters. The van der Waals surface area contributed by atoms with Gasteiger partial charge >= 0.3 is 0 Å². The lowest BCUT2D eigenvalue weighted by atomic mass is 9.87. The molecule has 18 heteroatoms. The Morgan fingerprint density at radius 2 is 0.985 bits per heavy atom. The first-order valence-corrected chi connectivity index (χ1v) is 26.9. The maximum Gasteiger partial charge on any atom is 0.243 e. The number of halogens is 4. The van der Waals surface area contributed by atoms with Gasteiger partial charge in [0.25, 0.3) is 0 Å². The monoisotopic (exact) mass is 1010 g/mol. The minimum Gasteiger partial charge on any atom is -0.345 e. The first-order valence-electron chi connectivity index (χ1n) is 21.6. The Kier molecular flexibility index (Phi) is 15.3. The predicted octanol–water partition coefficient (Wildman–Crippen LogP) is 10.7. The van der Waals surface area contributed by atoms with Crippen LogP contribution in [0.15, 0.2) is 105 Å². The predicted molar refractivity (Wildman–Crippen MR) is 265 cm³/mol. The zero-order valence-corrected chi connectivity index (χ0v) is 42.5. The van der Waals surface area contributed by atoms with E-state index >= 15 is 0 Å². The topological polar surface area (TPSA) is 107 Å². The summed E-state index contributed by atoms with van der Waals surface area (Å²) in [7, 11) is -7.06. The highest BCUT2D eigenvalue weighted by Gasteiger charge is 2.31. The van der Waals surface area contributed by atoms with Gasteiger partial charge < -0.3 is 9.80 Å². The van der Waals surface area contributed by atoms with Crippen LogP contribution in [0.4, 0.5) is 19.0 Å². The summed E-state index contributed by atoms with van der Waals surface area (Å²) in [5.74, 6) is -0.798. The SMILES string of the molecule is CC(C)(C)c1ccc(S(=O)(=O)N2CCN(c3nc(Cc4cc(F)cc(Cl)c4)cs3)CC2)cc1.CC(C)(C)c1ccc(S(=O)(=O)N2CCN(c3nc(Cc4ccc(Cl)c(F)c4)cs3)CC2)cc1. The molecule has 6 aromatic rings. The Hall–Kier alpha value is -4.00. The van der Waals surface area contributed by atoms with Gasteiger partial charge in [-0.1, -0.05) is 95.1 Å². The molecule has 0 saturated carbocycles. The maximum atomic E-state index is 13.7. The molecule has 2 aliphatic heterocycles. The Bertz CT molecular complexity index is 2830. The number of aromatic nitrogens is 2. The summed E-state index contributed by atoms with van der Waals surface area (Å²) in [4.78, 5) is 14.2. The van der Waals surface area contributed by atoms with E-state index in [1.165, 1.54) is 40.9 Å². The van der Waals surface area contributed by atoms with Gasteiger partial charge in [-0.15, -0.1) is 22.7 Å². The molecule has 0 radical (unpaired) electrons. The van der Waals surface area contributed by atoms with Crippen molar-refractivity contribution in [2.45, 2.75) is 75.0 Å². The summed E-state index contributed by atoms with van der Waals surface area (Å²) in [5.41, 5.74) is 5.42. The third kappa shape index (κ3) is 12.2. The minimum atomic E-state index is -3.53. The molecule has 352 valence electrons. The first kappa shape index (κ1) is 49.9. The fourth-order valence-corrected chi connectivity index (χ4v) is 12.6. The molecule has 10 nitrogen and oxygen atoms in total. The number of hydrogen-bond acceptors (Lipinski definition) is 10. The molecule has 8 rings (SSSR count). The van der Waals surface area contributed by atoms with Crippen LogP contribution in [0.3, 0.4) is 0 Å². The van der Waals surface area contributed by atoms with Crippen LogP contribution in [-0.2, 0) is 43.7 Å². The number of sulfonamides is 2. The van der Waals surface area contributed by atoms with Crippen LogP contribution in [0.1, 0.15) is 75.2 Å². The lowest BCUT2D eigenvalue weighted by Gasteiger charge is -2.33. The second-order valence-electron chi connectivity index (χ2n) is 18.5. The molecule has 0 N–H and O–H groups in total. The van der Waals surface area contributed by atoms with Crippen molar-refractivity contribution in [2.75, 3.05) is 62.2 Å². The molecule has 0 spiro atoms. The van der Waals surface area contributed by atoms with Gasteiger partial charge in [0, 0.05) is 81.0 Å². The van der Waals surface area contributed by atoms with Crippen molar-refractivity contribution in [1.82, 2.24) is 18.6 Å². The van der Waals surface area contributed by atoms with Crippen molar-refractivity contribution in [3.8, 4) is 0 Å². The molecule has 2 aromatic heterocycles. The smallest absolute Gasteiger partial charge is 0.243 e. The fraction of sp³-hybridized carbons (Fsp3) is 0.375. The standard InChI is InChI=1S/2C24H27ClFN3O2S2/c1-24(2,3)18-5-7-20(8-6-18)33(30,31)29-12-10-28(11-13-29)23-27-19(16-32-23)14-17-4-9-21(25)22(26)15-17;1-24(2,3)18-4-6-22(7-5-18)33(30,31)29-10-8-28(9-11-29)23-27-21(16-32-23)14-17-12-19(25)15-20(26)13-17/h4-9,15-16H,10-14H2,1-3H3;4-7,12-13,15-16H,8-11,14H2,1-3H3. The van der Waals surface area contributed by atoms with Crippen molar-refractivity contribution < 1.29 is 25.6 Å². The van der Waals surface area contributed by atoms with Gasteiger partial charge in [-0.2, -0.15) is 8.61 Å². The zero-order valence-electron chi connectivity index (χ0n) is 37.8. The molecule has 4 heterocycles. The number of thiazole rings is 2. The summed E-state index contributed by atoms with van der Waals surface area (Å²) < 4.78 is 82.8. The second-order valence-corrected chi connectivity index (χ2v) is 24.8. The van der Waals surface area contributed by atoms with Gasteiger partial charge in [-0.05, 0) is 87.7 Å². The summed E-state index contributed by atoms with van der Waals surface area (Å²) in [5, 5.41) is 6.09. The average molecular weight is 1020 g/mol. The second kappa shape index (κ2) is 20.3. The van der Waals surface area contributed by atoms with Gasteiger partial charge in [0.1, 0.15) is 11.6 Å². The lowest BCUT2D eigenvalue weighted by molar-refractivity contribution is 0.384. The van der Waals surface area contributed by atoms with E-state index in [2.05, 4.69) is 61.3 Å². The molecule has 0 bridgehead atoms. The normalized spacial score (nSPS) is 15.7. The van der Waals surface area contributed by atoms with Crippen LogP contribution in [0, 0.1) is 11.6 Å². The highest BCUT2D eigenvalue weighted by atomic mass is 35.5. The third-order valence-corrected chi connectivity index (χ3v) is 17.7. The number of anilines is 2. The van der Waals surface area contributed by atoms with Crippen molar-refractivity contribution in [1.29, 1.82) is 0 Å². The van der Waals surface area contributed by atoms with Crippen LogP contribution in [0.5, 0.6) is 0 Å². The largest absolute Gasteiger partial charge is 0.345 e. The van der Waals surface area contributed by atoms with E-state index < -0.39 is 25.9 Å². The van der Waals surface area contributed by atoms with Crippen LogP contribution >= 0.6 is 45.9 Å². The lowest BCUT2D eigenvalue weighted by Crippen LogP contribution is -2.48. The van der Waals surface area contributed by atoms with E-state index in [4.69, 9.17) is 23.2 Å². The van der Waals surface area contributed by atoms with Crippen LogP contribution in [0.25, 0.3) is 0 Å². The number of piperazine rings is 2. The zero-order chi connectivity index (χ0) is 47.6. The van der Waals surface area contributed by atoms with Crippen LogP contribution < -0.4 is 9.80 Å². The van der Waals surface area contributed by atoms with E-state index in [0.717, 1.165) is 43.9 Å². The number of nitrogens with zero attached hydrogens (tertiary/aromatic N) is 6. The first-order chi connectivity index (χ1) is 31.1. The van der Waals surface area contributed by atoms with Crippen LogP contribution in [0.2, 0.25) is 10.0 Å². The Morgan fingerprint density at radius 1 is 0.561 bits per heavy atom. The van der Waals surface area contributed by atoms with Gasteiger partial charge in [0.05, 0.1) is 26.2 Å². The Balaban J connectivity index is 0.000000196. The molecule has 0 aliphatic carbocycles. The summed E-state index contributed by atoms with van der Waals surface area (Å²) in [6.07, 6.45) is 1.01. The quantitative estimate of drug-likeness (QED) is 0.134. The van der Waals surface area contributed by atoms with Crippen molar-refractivity contribution in [3.63, 3.8) is 0 Å². The average Bonchev–Trinajstić information content (AvgIpc) is 3.94. The van der Waals surface area contributed by atoms with Gasteiger partial charge in [0.2, 0.25) is 20.0 Å². The molecule has 0 amide bonds. The van der Waals surface area contributed by atoms with E-state index in [1.54, 1.807) is 51.1 Å². The molecule has 4 aromatic carbocycles. The number of rotatable bonds is 10. The fourth-order valence-electron chi connectivity index (χ4n) is 7.62. The van der Waals surface area contributed by atoms with Crippen LogP contribution in [-0.4, -0.2) is 87.8 Å². The molecular formula is C48H54Cl2F2N6O4S4. The molecule has 2 fully saturated rings. The molecular weight excluding hydrogens is 962 g/mol. The number of hydrogen-bond donors (Lipinski definition) is 0. The summed E-state index contributed by atoms with van der Waals surface area (Å²) in [6.45, 7) is 16.5. The Morgan fingerprint density at radius 3 is 1.38 bits per heavy atom. The molecule has 0 unspecified atom stereocenters. The van der Waals surface area contributed by atoms with E-state index in [0.29, 0.717) is 80.0 Å². The van der Waals surface area contributed by atoms with E-state index in [9.17, 15) is 25.6 Å². The Labute approximate surface area is 405 Å². The number of benzene rings is 4. The van der Waals surface area contributed by atoms with E-state index in [-0.39, 0.29) is 21.7 Å². The van der Waals surface area contributed by atoms with Gasteiger partial charge in [0.15, 0.2) is 10.3 Å². The minimum absolute atomic E-state index is 0.0256. The van der Waals surface area contributed by atoms with Crippen molar-refractivity contribution >= 4 is 76.2 Å². The van der Waals surface area contributed by atoms with E-state index in [1.807, 2.05) is 35.0 Å². The van der Waals surface area contributed by atoms with Crippen molar-refractivity contribution in [3.05, 3.63) is 151 Å². The maximum absolute atomic E-state index is 13.7. The summed E-state index contributed by atoms with van der Waals surface area (Å²) in [6, 6.07) is 23.6.